The van der Waals surface area contributed by atoms with Crippen LogP contribution >= 0.6 is 11.6 Å². The van der Waals surface area contributed by atoms with E-state index in [1.807, 2.05) is 0 Å². The lowest BCUT2D eigenvalue weighted by Crippen LogP contribution is -2.29. The van der Waals surface area contributed by atoms with Gasteiger partial charge in [0.15, 0.2) is 0 Å². The summed E-state index contributed by atoms with van der Waals surface area (Å²) in [4.78, 5) is 11.0. The van der Waals surface area contributed by atoms with Crippen molar-refractivity contribution in [3.05, 3.63) is 0 Å². The van der Waals surface area contributed by atoms with Gasteiger partial charge >= 0.3 is 0 Å². The molecule has 0 amide bonds. The van der Waals surface area contributed by atoms with E-state index in [1.54, 1.807) is 0 Å². The predicted octanol–water partition coefficient (Wildman–Crippen LogP) is 2.97. The zero-order chi connectivity index (χ0) is 8.55. The molecule has 2 saturated carbocycles. The van der Waals surface area contributed by atoms with Crippen LogP contribution in [0.1, 0.15) is 38.5 Å². The lowest BCUT2D eigenvalue weighted by atomic mass is 9.68. The molecule has 0 radical (unpaired) electrons. The van der Waals surface area contributed by atoms with E-state index in [-0.39, 0.29) is 11.2 Å². The molecule has 0 aliphatic heterocycles. The number of carbonyl (C=O) groups is 1. The number of hydrogen-bond donors (Lipinski definition) is 0. The molecular formula is C10H15ClO. The monoisotopic (exact) mass is 186 g/mol. The highest BCUT2D eigenvalue weighted by Crippen LogP contribution is 2.42. The molecule has 0 aromatic heterocycles. The SMILES string of the molecule is O=C(Cl)C1CC2CCCC(C2)C1. The van der Waals surface area contributed by atoms with Gasteiger partial charge in [0.1, 0.15) is 0 Å². The van der Waals surface area contributed by atoms with Crippen molar-refractivity contribution in [1.82, 2.24) is 0 Å². The number of halogens is 1. The highest BCUT2D eigenvalue weighted by atomic mass is 35.5. The molecule has 0 aromatic carbocycles. The Morgan fingerprint density at radius 1 is 1.08 bits per heavy atom. The third kappa shape index (κ3) is 1.66. The fourth-order valence-corrected chi connectivity index (χ4v) is 3.09. The molecule has 12 heavy (non-hydrogen) atoms. The normalized spacial score (nSPS) is 40.9. The van der Waals surface area contributed by atoms with Crippen molar-refractivity contribution in [3.8, 4) is 0 Å². The number of hydrogen-bond acceptors (Lipinski definition) is 1. The van der Waals surface area contributed by atoms with Gasteiger partial charge in [-0.3, -0.25) is 4.79 Å². The summed E-state index contributed by atoms with van der Waals surface area (Å²) < 4.78 is 0. The maximum atomic E-state index is 11.0. The van der Waals surface area contributed by atoms with Crippen LogP contribution in [-0.2, 0) is 4.79 Å². The van der Waals surface area contributed by atoms with Crippen LogP contribution < -0.4 is 0 Å². The van der Waals surface area contributed by atoms with Crippen LogP contribution in [0.2, 0.25) is 0 Å². The van der Waals surface area contributed by atoms with E-state index in [4.69, 9.17) is 11.6 Å². The van der Waals surface area contributed by atoms with Gasteiger partial charge in [0.25, 0.3) is 0 Å². The van der Waals surface area contributed by atoms with E-state index in [0.717, 1.165) is 24.7 Å². The molecule has 0 saturated heterocycles. The summed E-state index contributed by atoms with van der Waals surface area (Å²) in [5, 5.41) is -0.0911. The van der Waals surface area contributed by atoms with Crippen LogP contribution in [0.5, 0.6) is 0 Å². The second kappa shape index (κ2) is 3.37. The molecule has 2 atom stereocenters. The molecule has 0 heterocycles. The molecule has 2 fully saturated rings. The van der Waals surface area contributed by atoms with E-state index in [9.17, 15) is 4.79 Å². The Morgan fingerprint density at radius 3 is 2.17 bits per heavy atom. The average Bonchev–Trinajstić information content (AvgIpc) is 2.03. The molecule has 1 nitrogen and oxygen atoms in total. The van der Waals surface area contributed by atoms with Crippen molar-refractivity contribution in [2.45, 2.75) is 38.5 Å². The lowest BCUT2D eigenvalue weighted by Gasteiger charge is -2.37. The first-order valence-electron chi connectivity index (χ1n) is 4.95. The third-order valence-corrected chi connectivity index (χ3v) is 3.76. The minimum absolute atomic E-state index is 0.0911. The van der Waals surface area contributed by atoms with Gasteiger partial charge in [-0.05, 0) is 42.7 Å². The standard InChI is InChI=1S/C10H15ClO/c11-10(12)9-5-7-2-1-3-8(4-7)6-9/h7-9H,1-6H2. The molecule has 0 aromatic rings. The van der Waals surface area contributed by atoms with Crippen molar-refractivity contribution in [1.29, 1.82) is 0 Å². The van der Waals surface area contributed by atoms with E-state index in [1.165, 1.54) is 25.7 Å². The van der Waals surface area contributed by atoms with E-state index < -0.39 is 0 Å². The van der Waals surface area contributed by atoms with Gasteiger partial charge in [-0.2, -0.15) is 0 Å². The average molecular weight is 187 g/mol. The van der Waals surface area contributed by atoms with Crippen molar-refractivity contribution >= 4 is 16.8 Å². The van der Waals surface area contributed by atoms with E-state index in [2.05, 4.69) is 0 Å². The largest absolute Gasteiger partial charge is 0.281 e. The van der Waals surface area contributed by atoms with Crippen molar-refractivity contribution in [2.24, 2.45) is 17.8 Å². The Balaban J connectivity index is 2.00. The fourth-order valence-electron chi connectivity index (χ4n) is 2.92. The fraction of sp³-hybridized carbons (Fsp3) is 0.900. The minimum atomic E-state index is -0.0911. The first-order valence-corrected chi connectivity index (χ1v) is 5.33. The summed E-state index contributed by atoms with van der Waals surface area (Å²) >= 11 is 5.53. The molecule has 0 N–H and O–H groups in total. The molecular weight excluding hydrogens is 172 g/mol. The molecule has 2 unspecified atom stereocenters. The summed E-state index contributed by atoms with van der Waals surface area (Å²) in [5.74, 6) is 1.81. The van der Waals surface area contributed by atoms with E-state index >= 15 is 0 Å². The van der Waals surface area contributed by atoms with Crippen LogP contribution in [0.25, 0.3) is 0 Å². The molecule has 2 rings (SSSR count). The number of fused-ring (bicyclic) bond motifs is 2. The van der Waals surface area contributed by atoms with Gasteiger partial charge in [0.05, 0.1) is 0 Å². The summed E-state index contributed by atoms with van der Waals surface area (Å²) in [5.41, 5.74) is 0. The van der Waals surface area contributed by atoms with Gasteiger partial charge in [-0.25, -0.2) is 0 Å². The predicted molar refractivity (Wildman–Crippen MR) is 49.0 cm³/mol. The van der Waals surface area contributed by atoms with Crippen LogP contribution in [-0.4, -0.2) is 5.24 Å². The molecule has 68 valence electrons. The van der Waals surface area contributed by atoms with Gasteiger partial charge in [0, 0.05) is 5.92 Å². The maximum Gasteiger partial charge on any atom is 0.224 e. The highest BCUT2D eigenvalue weighted by Gasteiger charge is 2.34. The summed E-state index contributed by atoms with van der Waals surface area (Å²) in [6, 6.07) is 0. The lowest BCUT2D eigenvalue weighted by molar-refractivity contribution is -0.117. The van der Waals surface area contributed by atoms with Crippen LogP contribution in [0.3, 0.4) is 0 Å². The van der Waals surface area contributed by atoms with Gasteiger partial charge in [0.2, 0.25) is 5.24 Å². The Labute approximate surface area is 78.5 Å². The van der Waals surface area contributed by atoms with Crippen molar-refractivity contribution in [2.75, 3.05) is 0 Å². The Bertz CT molecular complexity index is 178. The van der Waals surface area contributed by atoms with Gasteiger partial charge in [-0.15, -0.1) is 0 Å². The molecule has 2 heteroatoms. The smallest absolute Gasteiger partial charge is 0.224 e. The van der Waals surface area contributed by atoms with Gasteiger partial charge in [-0.1, -0.05) is 19.3 Å². The first-order chi connectivity index (χ1) is 5.75. The topological polar surface area (TPSA) is 17.1 Å². The van der Waals surface area contributed by atoms with Gasteiger partial charge < -0.3 is 0 Å². The van der Waals surface area contributed by atoms with E-state index in [0.29, 0.717) is 0 Å². The van der Waals surface area contributed by atoms with Crippen molar-refractivity contribution < 1.29 is 4.79 Å². The maximum absolute atomic E-state index is 11.0. The zero-order valence-electron chi connectivity index (χ0n) is 7.26. The molecule has 0 spiro atoms. The zero-order valence-corrected chi connectivity index (χ0v) is 8.02. The quantitative estimate of drug-likeness (QED) is 0.576. The summed E-state index contributed by atoms with van der Waals surface area (Å²) in [6.45, 7) is 0. The number of carbonyl (C=O) groups excluding carboxylic acids is 1. The van der Waals surface area contributed by atoms with Crippen LogP contribution in [0, 0.1) is 17.8 Å². The summed E-state index contributed by atoms with van der Waals surface area (Å²) in [6.07, 6.45) is 7.53. The third-order valence-electron chi connectivity index (χ3n) is 3.45. The van der Waals surface area contributed by atoms with Crippen LogP contribution in [0.4, 0.5) is 0 Å². The molecule has 2 aliphatic rings. The Kier molecular flexibility index (Phi) is 2.40. The second-order valence-corrected chi connectivity index (χ2v) is 4.74. The first kappa shape index (κ1) is 8.55. The molecule has 2 bridgehead atoms. The Hall–Kier alpha value is -0.0400. The van der Waals surface area contributed by atoms with Crippen LogP contribution in [0.15, 0.2) is 0 Å². The minimum Gasteiger partial charge on any atom is -0.281 e. The van der Waals surface area contributed by atoms with Crippen molar-refractivity contribution in [3.63, 3.8) is 0 Å². The second-order valence-electron chi connectivity index (χ2n) is 4.37. The number of rotatable bonds is 1. The summed E-state index contributed by atoms with van der Waals surface area (Å²) in [7, 11) is 0. The highest BCUT2D eigenvalue weighted by molar-refractivity contribution is 6.63. The Morgan fingerprint density at radius 2 is 1.67 bits per heavy atom. The molecule has 2 aliphatic carbocycles.